The Morgan fingerprint density at radius 3 is 2.05 bits per heavy atom. The summed E-state index contributed by atoms with van der Waals surface area (Å²) in [6.07, 6.45) is 4.63. The summed E-state index contributed by atoms with van der Waals surface area (Å²) in [5, 5.41) is 0.637. The summed E-state index contributed by atoms with van der Waals surface area (Å²) >= 11 is 5.76. The molecule has 0 N–H and O–H groups in total. The second-order valence-electron chi connectivity index (χ2n) is 3.47. The van der Waals surface area contributed by atoms with E-state index in [-0.39, 0.29) is 5.57 Å². The lowest BCUT2D eigenvalue weighted by Gasteiger charge is -2.01. The average Bonchev–Trinajstić information content (AvgIpc) is 2.44. The maximum atomic E-state index is 11.4. The number of hydrogen-bond donors (Lipinski definition) is 0. The van der Waals surface area contributed by atoms with Gasteiger partial charge in [0.2, 0.25) is 0 Å². The molecule has 100 valence electrons. The Labute approximate surface area is 116 Å². The van der Waals surface area contributed by atoms with Crippen LogP contribution >= 0.6 is 11.6 Å². The minimum Gasteiger partial charge on any atom is -0.465 e. The zero-order valence-electron chi connectivity index (χ0n) is 10.6. The van der Waals surface area contributed by atoms with Crippen molar-refractivity contribution in [3.05, 3.63) is 52.6 Å². The summed E-state index contributed by atoms with van der Waals surface area (Å²) < 4.78 is 8.99. The maximum absolute atomic E-state index is 11.4. The molecule has 19 heavy (non-hydrogen) atoms. The largest absolute Gasteiger partial charge is 0.465 e. The maximum Gasteiger partial charge on any atom is 0.345 e. The third-order valence-electron chi connectivity index (χ3n) is 2.23. The summed E-state index contributed by atoms with van der Waals surface area (Å²) in [6.45, 7) is 0. The Morgan fingerprint density at radius 1 is 1.05 bits per heavy atom. The Balaban J connectivity index is 2.88. The van der Waals surface area contributed by atoms with Crippen molar-refractivity contribution in [3.8, 4) is 0 Å². The van der Waals surface area contributed by atoms with Crippen molar-refractivity contribution in [2.24, 2.45) is 0 Å². The summed E-state index contributed by atoms with van der Waals surface area (Å²) in [7, 11) is 2.39. The van der Waals surface area contributed by atoms with Crippen LogP contribution in [0.25, 0.3) is 6.08 Å². The quantitative estimate of drug-likeness (QED) is 0.280. The van der Waals surface area contributed by atoms with Gasteiger partial charge in [0.25, 0.3) is 0 Å². The van der Waals surface area contributed by atoms with Crippen LogP contribution in [0.15, 0.2) is 42.0 Å². The third kappa shape index (κ3) is 4.60. The Hall–Kier alpha value is -2.07. The topological polar surface area (TPSA) is 52.6 Å². The van der Waals surface area contributed by atoms with Gasteiger partial charge in [-0.15, -0.1) is 0 Å². The van der Waals surface area contributed by atoms with Crippen molar-refractivity contribution >= 4 is 29.6 Å². The number of benzene rings is 1. The molecule has 0 unspecified atom stereocenters. The fourth-order valence-corrected chi connectivity index (χ4v) is 1.39. The van der Waals surface area contributed by atoms with Crippen molar-refractivity contribution in [1.29, 1.82) is 0 Å². The number of rotatable bonds is 4. The number of carbonyl (C=O) groups is 2. The van der Waals surface area contributed by atoms with Crippen LogP contribution in [-0.2, 0) is 19.1 Å². The number of esters is 2. The van der Waals surface area contributed by atoms with E-state index in [0.717, 1.165) is 5.56 Å². The number of hydrogen-bond acceptors (Lipinski definition) is 4. The van der Waals surface area contributed by atoms with E-state index >= 15 is 0 Å². The Morgan fingerprint density at radius 2 is 1.58 bits per heavy atom. The van der Waals surface area contributed by atoms with E-state index < -0.39 is 11.9 Å². The van der Waals surface area contributed by atoms with E-state index in [9.17, 15) is 9.59 Å². The van der Waals surface area contributed by atoms with Crippen molar-refractivity contribution in [1.82, 2.24) is 0 Å². The molecule has 0 amide bonds. The van der Waals surface area contributed by atoms with Crippen LogP contribution in [0, 0.1) is 0 Å². The van der Waals surface area contributed by atoms with E-state index in [1.807, 2.05) is 12.1 Å². The van der Waals surface area contributed by atoms with Gasteiger partial charge in [0.1, 0.15) is 5.57 Å². The fraction of sp³-hybridized carbons (Fsp3) is 0.143. The highest BCUT2D eigenvalue weighted by molar-refractivity contribution is 6.30. The number of ether oxygens (including phenoxy) is 2. The normalized spacial score (nSPS) is 10.1. The molecule has 0 radical (unpaired) electrons. The smallest absolute Gasteiger partial charge is 0.345 e. The molecule has 0 aromatic heterocycles. The van der Waals surface area contributed by atoms with Gasteiger partial charge in [-0.2, -0.15) is 0 Å². The van der Waals surface area contributed by atoms with Crippen LogP contribution in [0.3, 0.4) is 0 Å². The Bertz CT molecular complexity index is 497. The highest BCUT2D eigenvalue weighted by Gasteiger charge is 2.18. The first-order valence-electron chi connectivity index (χ1n) is 5.39. The first kappa shape index (κ1) is 15.0. The predicted octanol–water partition coefficient (Wildman–Crippen LogP) is 2.63. The van der Waals surface area contributed by atoms with Crippen LogP contribution < -0.4 is 0 Å². The summed E-state index contributed by atoms with van der Waals surface area (Å²) in [5.41, 5.74) is 0.713. The fourth-order valence-electron chi connectivity index (χ4n) is 1.27. The molecule has 0 heterocycles. The molecule has 1 aromatic rings. The lowest BCUT2D eigenvalue weighted by molar-refractivity contribution is -0.144. The van der Waals surface area contributed by atoms with Gasteiger partial charge in [0.15, 0.2) is 0 Å². The van der Waals surface area contributed by atoms with Gasteiger partial charge in [-0.05, 0) is 23.8 Å². The minimum atomic E-state index is -0.743. The molecule has 1 rings (SSSR count). The average molecular weight is 281 g/mol. The standard InChI is InChI=1S/C14H13ClO4/c1-18-13(16)12(14(17)19-2)5-3-4-10-6-8-11(15)9-7-10/h3-9H,1-2H3/b4-3-. The second-order valence-corrected chi connectivity index (χ2v) is 3.91. The number of allylic oxidation sites excluding steroid dienone is 2. The summed E-state index contributed by atoms with van der Waals surface area (Å²) in [5.74, 6) is -1.49. The van der Waals surface area contributed by atoms with E-state index in [0.29, 0.717) is 5.02 Å². The summed E-state index contributed by atoms with van der Waals surface area (Å²) in [4.78, 5) is 22.7. The van der Waals surface area contributed by atoms with Gasteiger partial charge in [0.05, 0.1) is 14.2 Å². The van der Waals surface area contributed by atoms with Crippen LogP contribution in [0.2, 0.25) is 5.02 Å². The molecule has 0 spiro atoms. The molecular formula is C14H13ClO4. The molecule has 0 fully saturated rings. The summed E-state index contributed by atoms with van der Waals surface area (Å²) in [6, 6.07) is 7.10. The van der Waals surface area contributed by atoms with E-state index in [1.54, 1.807) is 24.3 Å². The molecule has 0 aliphatic carbocycles. The zero-order valence-corrected chi connectivity index (χ0v) is 11.3. The molecule has 4 nitrogen and oxygen atoms in total. The molecule has 0 saturated heterocycles. The predicted molar refractivity (Wildman–Crippen MR) is 72.6 cm³/mol. The first-order chi connectivity index (χ1) is 9.08. The van der Waals surface area contributed by atoms with Crippen LogP contribution in [0.1, 0.15) is 5.56 Å². The Kier molecular flexibility index (Phi) is 5.82. The monoisotopic (exact) mass is 280 g/mol. The molecule has 0 atom stereocenters. The molecule has 0 saturated carbocycles. The van der Waals surface area contributed by atoms with Gasteiger partial charge >= 0.3 is 11.9 Å². The molecule has 0 aliphatic rings. The van der Waals surface area contributed by atoms with Gasteiger partial charge in [-0.1, -0.05) is 35.9 Å². The van der Waals surface area contributed by atoms with E-state index in [1.165, 1.54) is 20.3 Å². The molecule has 5 heteroatoms. The molecule has 0 aliphatic heterocycles. The van der Waals surface area contributed by atoms with Crippen molar-refractivity contribution in [3.63, 3.8) is 0 Å². The van der Waals surface area contributed by atoms with Crippen molar-refractivity contribution < 1.29 is 19.1 Å². The highest BCUT2D eigenvalue weighted by Crippen LogP contribution is 2.11. The lowest BCUT2D eigenvalue weighted by atomic mass is 10.2. The van der Waals surface area contributed by atoms with E-state index in [4.69, 9.17) is 11.6 Å². The van der Waals surface area contributed by atoms with Crippen LogP contribution in [0.4, 0.5) is 0 Å². The van der Waals surface area contributed by atoms with Gasteiger partial charge < -0.3 is 9.47 Å². The minimum absolute atomic E-state index is 0.171. The van der Waals surface area contributed by atoms with Gasteiger partial charge in [0, 0.05) is 5.02 Å². The first-order valence-corrected chi connectivity index (χ1v) is 5.77. The van der Waals surface area contributed by atoms with Crippen molar-refractivity contribution in [2.45, 2.75) is 0 Å². The number of halogens is 1. The second kappa shape index (κ2) is 7.38. The third-order valence-corrected chi connectivity index (χ3v) is 2.48. The lowest BCUT2D eigenvalue weighted by Crippen LogP contribution is -2.15. The van der Waals surface area contributed by atoms with E-state index in [2.05, 4.69) is 9.47 Å². The van der Waals surface area contributed by atoms with Crippen LogP contribution in [-0.4, -0.2) is 26.2 Å². The van der Waals surface area contributed by atoms with Gasteiger partial charge in [-0.25, -0.2) is 9.59 Å². The SMILES string of the molecule is COC(=O)C(=C/C=C\c1ccc(Cl)cc1)C(=O)OC. The molecule has 0 bridgehead atoms. The molecule has 1 aromatic carbocycles. The van der Waals surface area contributed by atoms with Gasteiger partial charge in [-0.3, -0.25) is 0 Å². The zero-order chi connectivity index (χ0) is 14.3. The van der Waals surface area contributed by atoms with Crippen molar-refractivity contribution in [2.75, 3.05) is 14.2 Å². The van der Waals surface area contributed by atoms with Crippen LogP contribution in [0.5, 0.6) is 0 Å². The number of methoxy groups -OCH3 is 2. The number of carbonyl (C=O) groups excluding carboxylic acids is 2. The highest BCUT2D eigenvalue weighted by atomic mass is 35.5. The molecular weight excluding hydrogens is 268 g/mol.